The van der Waals surface area contributed by atoms with E-state index in [1.807, 2.05) is 0 Å². The lowest BCUT2D eigenvalue weighted by Crippen LogP contribution is -2.50. The van der Waals surface area contributed by atoms with Crippen molar-refractivity contribution in [1.29, 1.82) is 0 Å². The molecule has 2 bridgehead atoms. The summed E-state index contributed by atoms with van der Waals surface area (Å²) in [7, 11) is 0. The zero-order valence-electron chi connectivity index (χ0n) is 12.2. The van der Waals surface area contributed by atoms with E-state index in [9.17, 15) is 23.5 Å². The Labute approximate surface area is 121 Å². The molecular weight excluding hydrogens is 284 g/mol. The zero-order valence-corrected chi connectivity index (χ0v) is 12.2. The summed E-state index contributed by atoms with van der Waals surface area (Å²) in [6.07, 6.45) is -0.563. The van der Waals surface area contributed by atoms with Gasteiger partial charge in [0.2, 0.25) is 0 Å². The van der Waals surface area contributed by atoms with E-state index in [-0.39, 0.29) is 5.92 Å². The summed E-state index contributed by atoms with van der Waals surface area (Å²) in [4.78, 5) is 24.9. The highest BCUT2D eigenvalue weighted by Crippen LogP contribution is 2.72. The molecule has 4 aliphatic rings. The Morgan fingerprint density at radius 2 is 1.90 bits per heavy atom. The first-order valence-corrected chi connectivity index (χ1v) is 7.10. The number of fused-ring (bicyclic) bond motifs is 1. The van der Waals surface area contributed by atoms with E-state index in [4.69, 9.17) is 4.74 Å². The molecule has 1 amide bonds. The number of nitrogens with zero attached hydrogens (tertiary/aromatic N) is 1. The standard InChI is InChI=1S/C14H19F2NO4/c1-12(2,3)21-11(20)17-5-7-4-8(17)9(7)13(10(18)19)6-14(13,15)16/h7-9H,4-6H2,1-3H3,(H,18,19)/t7-,8-,9?,13?/m0/s1. The first-order chi connectivity index (χ1) is 9.49. The number of carboxylic acids is 1. The van der Waals surface area contributed by atoms with Crippen molar-refractivity contribution in [1.82, 2.24) is 4.90 Å². The molecule has 2 heterocycles. The topological polar surface area (TPSA) is 66.8 Å². The van der Waals surface area contributed by atoms with Crippen LogP contribution in [0.4, 0.5) is 13.6 Å². The monoisotopic (exact) mass is 303 g/mol. The minimum Gasteiger partial charge on any atom is -0.481 e. The first-order valence-electron chi connectivity index (χ1n) is 7.10. The van der Waals surface area contributed by atoms with Gasteiger partial charge in [0.1, 0.15) is 11.0 Å². The van der Waals surface area contributed by atoms with Crippen LogP contribution in [0, 0.1) is 17.3 Å². The summed E-state index contributed by atoms with van der Waals surface area (Å²) in [6.45, 7) is 5.51. The third-order valence-corrected chi connectivity index (χ3v) is 4.91. The lowest BCUT2D eigenvalue weighted by atomic mass is 9.64. The van der Waals surface area contributed by atoms with E-state index in [1.54, 1.807) is 20.8 Å². The highest BCUT2D eigenvalue weighted by atomic mass is 19.3. The molecule has 0 aromatic rings. The molecule has 7 heteroatoms. The molecule has 4 fully saturated rings. The van der Waals surface area contributed by atoms with Crippen LogP contribution in [0.25, 0.3) is 0 Å². The Bertz CT molecular complexity index is 516. The van der Waals surface area contributed by atoms with E-state index < -0.39 is 47.4 Å². The molecule has 5 nitrogen and oxygen atoms in total. The van der Waals surface area contributed by atoms with Gasteiger partial charge >= 0.3 is 12.1 Å². The number of carbonyl (C=O) groups excluding carboxylic acids is 1. The predicted molar refractivity (Wildman–Crippen MR) is 68.0 cm³/mol. The number of rotatable bonds is 2. The molecule has 2 aliphatic carbocycles. The summed E-state index contributed by atoms with van der Waals surface area (Å²) in [5.41, 5.74) is -2.63. The minimum atomic E-state index is -3.16. The number of hydrogen-bond donors (Lipinski definition) is 1. The molecule has 118 valence electrons. The average molecular weight is 303 g/mol. The van der Waals surface area contributed by atoms with Gasteiger partial charge in [0.15, 0.2) is 0 Å². The van der Waals surface area contributed by atoms with Crippen LogP contribution >= 0.6 is 0 Å². The second-order valence-electron chi connectivity index (χ2n) is 7.38. The van der Waals surface area contributed by atoms with Crippen LogP contribution in [0.2, 0.25) is 0 Å². The van der Waals surface area contributed by atoms with Gasteiger partial charge in [-0.2, -0.15) is 0 Å². The number of aliphatic carboxylic acids is 1. The third kappa shape index (κ3) is 1.85. The molecule has 0 aromatic heterocycles. The average Bonchev–Trinajstić information content (AvgIpc) is 2.65. The summed E-state index contributed by atoms with van der Waals surface area (Å²) in [5.74, 6) is -5.42. The van der Waals surface area contributed by atoms with Gasteiger partial charge in [0.25, 0.3) is 5.92 Å². The Morgan fingerprint density at radius 1 is 1.33 bits per heavy atom. The predicted octanol–water partition coefficient (Wildman–Crippen LogP) is 2.35. The van der Waals surface area contributed by atoms with Crippen molar-refractivity contribution >= 4 is 12.1 Å². The molecule has 21 heavy (non-hydrogen) atoms. The van der Waals surface area contributed by atoms with E-state index in [0.29, 0.717) is 13.0 Å². The maximum Gasteiger partial charge on any atom is 0.410 e. The van der Waals surface area contributed by atoms with E-state index in [1.165, 1.54) is 4.90 Å². The summed E-state index contributed by atoms with van der Waals surface area (Å²) in [6, 6.07) is -0.436. The van der Waals surface area contributed by atoms with E-state index >= 15 is 0 Å². The van der Waals surface area contributed by atoms with Crippen molar-refractivity contribution in [2.75, 3.05) is 6.54 Å². The third-order valence-electron chi connectivity index (χ3n) is 4.91. The number of alkyl halides is 2. The molecule has 2 aliphatic heterocycles. The quantitative estimate of drug-likeness (QED) is 0.850. The smallest absolute Gasteiger partial charge is 0.410 e. The second kappa shape index (κ2) is 3.87. The zero-order chi connectivity index (χ0) is 15.8. The Kier molecular flexibility index (Phi) is 2.68. The van der Waals surface area contributed by atoms with Gasteiger partial charge in [-0.25, -0.2) is 13.6 Å². The number of carboxylic acid groups (broad SMARTS) is 1. The molecule has 4 rings (SSSR count). The van der Waals surface area contributed by atoms with Gasteiger partial charge in [-0.15, -0.1) is 0 Å². The van der Waals surface area contributed by atoms with E-state index in [2.05, 4.69) is 0 Å². The molecule has 1 N–H and O–H groups in total. The largest absolute Gasteiger partial charge is 0.481 e. The van der Waals surface area contributed by atoms with Crippen LogP contribution in [0.3, 0.4) is 0 Å². The molecule has 2 unspecified atom stereocenters. The second-order valence-corrected chi connectivity index (χ2v) is 7.38. The summed E-state index contributed by atoms with van der Waals surface area (Å²) >= 11 is 0. The SMILES string of the molecule is CC(C)(C)OC(=O)N1C[C@@H]2C[C@H]1C2C1(C(=O)O)CC1(F)F. The Morgan fingerprint density at radius 3 is 2.33 bits per heavy atom. The Hall–Kier alpha value is -1.40. The molecule has 2 saturated carbocycles. The van der Waals surface area contributed by atoms with Crippen molar-refractivity contribution in [3.8, 4) is 0 Å². The molecular formula is C14H19F2NO4. The van der Waals surface area contributed by atoms with Crippen LogP contribution in [-0.4, -0.2) is 46.2 Å². The lowest BCUT2D eigenvalue weighted by molar-refractivity contribution is -0.155. The van der Waals surface area contributed by atoms with Crippen LogP contribution in [0.1, 0.15) is 33.6 Å². The van der Waals surface area contributed by atoms with Crippen LogP contribution in [-0.2, 0) is 9.53 Å². The highest BCUT2D eigenvalue weighted by Gasteiger charge is 2.84. The molecule has 2 saturated heterocycles. The van der Waals surface area contributed by atoms with Crippen molar-refractivity contribution in [3.63, 3.8) is 0 Å². The van der Waals surface area contributed by atoms with Gasteiger partial charge in [-0.3, -0.25) is 4.79 Å². The van der Waals surface area contributed by atoms with Crippen molar-refractivity contribution in [3.05, 3.63) is 0 Å². The van der Waals surface area contributed by atoms with E-state index in [0.717, 1.165) is 0 Å². The fourth-order valence-corrected chi connectivity index (χ4v) is 3.92. The van der Waals surface area contributed by atoms with Crippen LogP contribution in [0.5, 0.6) is 0 Å². The molecule has 4 atom stereocenters. The summed E-state index contributed by atoms with van der Waals surface area (Å²) in [5, 5.41) is 9.23. The number of amides is 1. The fraction of sp³-hybridized carbons (Fsp3) is 0.857. The summed E-state index contributed by atoms with van der Waals surface area (Å²) < 4.78 is 32.5. The van der Waals surface area contributed by atoms with Gasteiger partial charge in [-0.05, 0) is 33.1 Å². The van der Waals surface area contributed by atoms with Crippen LogP contribution < -0.4 is 0 Å². The van der Waals surface area contributed by atoms with Gasteiger partial charge in [-0.1, -0.05) is 0 Å². The minimum absolute atomic E-state index is 0.160. The van der Waals surface area contributed by atoms with Crippen molar-refractivity contribution < 1.29 is 28.2 Å². The van der Waals surface area contributed by atoms with Gasteiger partial charge in [0, 0.05) is 24.9 Å². The normalized spacial score (nSPS) is 39.7. The van der Waals surface area contributed by atoms with Crippen LogP contribution in [0.15, 0.2) is 0 Å². The Balaban J connectivity index is 1.76. The van der Waals surface area contributed by atoms with Crippen molar-refractivity contribution in [2.45, 2.75) is 51.2 Å². The first kappa shape index (κ1) is 14.5. The van der Waals surface area contributed by atoms with Gasteiger partial charge in [0.05, 0.1) is 0 Å². The number of hydrogen-bond acceptors (Lipinski definition) is 3. The maximum absolute atomic E-state index is 13.6. The van der Waals surface area contributed by atoms with Gasteiger partial charge < -0.3 is 14.7 Å². The molecule has 0 spiro atoms. The maximum atomic E-state index is 13.6. The fourth-order valence-electron chi connectivity index (χ4n) is 3.92. The number of carbonyl (C=O) groups is 2. The number of ether oxygens (including phenoxy) is 1. The number of halogens is 2. The molecule has 0 aromatic carbocycles. The molecule has 0 radical (unpaired) electrons. The lowest BCUT2D eigenvalue weighted by Gasteiger charge is -2.40. The van der Waals surface area contributed by atoms with Crippen molar-refractivity contribution in [2.24, 2.45) is 17.3 Å². The highest BCUT2D eigenvalue weighted by molar-refractivity contribution is 5.82.